The van der Waals surface area contributed by atoms with Gasteiger partial charge in [0.25, 0.3) is 0 Å². The van der Waals surface area contributed by atoms with Crippen molar-refractivity contribution in [3.8, 4) is 0 Å². The highest BCUT2D eigenvalue weighted by Crippen LogP contribution is 2.36. The second kappa shape index (κ2) is 3.74. The van der Waals surface area contributed by atoms with E-state index in [2.05, 4.69) is 32.0 Å². The molecule has 1 aromatic rings. The second-order valence-electron chi connectivity index (χ2n) is 4.56. The third-order valence-corrected chi connectivity index (χ3v) is 3.57. The third-order valence-electron chi connectivity index (χ3n) is 3.57. The van der Waals surface area contributed by atoms with Crippen LogP contribution < -0.4 is 5.73 Å². The molecular formula is C13H19N. The molecule has 1 aliphatic rings. The molecule has 0 unspecified atom stereocenters. The lowest BCUT2D eigenvalue weighted by Gasteiger charge is -2.31. The largest absolute Gasteiger partial charge is 0.324 e. The molecule has 1 heteroatoms. The molecule has 1 atom stereocenters. The van der Waals surface area contributed by atoms with Crippen molar-refractivity contribution in [3.05, 3.63) is 34.9 Å². The molecule has 76 valence electrons. The second-order valence-corrected chi connectivity index (χ2v) is 4.56. The Bertz CT molecular complexity index is 326. The first-order chi connectivity index (χ1) is 6.68. The van der Waals surface area contributed by atoms with E-state index in [0.29, 0.717) is 0 Å². The SMILES string of the molecule is Cc1ccc([C@H](N)C2CCC2)cc1C. The Morgan fingerprint density at radius 1 is 1.21 bits per heavy atom. The van der Waals surface area contributed by atoms with Crippen LogP contribution in [0.15, 0.2) is 18.2 Å². The minimum atomic E-state index is 0.267. The van der Waals surface area contributed by atoms with E-state index in [-0.39, 0.29) is 6.04 Å². The standard InChI is InChI=1S/C13H19N/c1-9-6-7-12(8-10(9)2)13(14)11-4-3-5-11/h6-8,11,13H,3-5,14H2,1-2H3/t13-/m1/s1. The first-order valence-corrected chi connectivity index (χ1v) is 5.51. The molecule has 1 fully saturated rings. The van der Waals surface area contributed by atoms with Gasteiger partial charge in [0.2, 0.25) is 0 Å². The van der Waals surface area contributed by atoms with Crippen molar-refractivity contribution in [1.29, 1.82) is 0 Å². The molecule has 1 aliphatic carbocycles. The maximum atomic E-state index is 6.22. The van der Waals surface area contributed by atoms with Crippen LogP contribution in [0.1, 0.15) is 42.0 Å². The van der Waals surface area contributed by atoms with Crippen molar-refractivity contribution in [3.63, 3.8) is 0 Å². The van der Waals surface area contributed by atoms with Crippen LogP contribution in [0.2, 0.25) is 0 Å². The van der Waals surface area contributed by atoms with Crippen LogP contribution in [0, 0.1) is 19.8 Å². The number of aryl methyl sites for hydroxylation is 2. The fraction of sp³-hybridized carbons (Fsp3) is 0.538. The Balaban J connectivity index is 2.18. The molecule has 0 aromatic heterocycles. The zero-order valence-electron chi connectivity index (χ0n) is 9.09. The van der Waals surface area contributed by atoms with E-state index in [4.69, 9.17) is 5.73 Å². The fourth-order valence-corrected chi connectivity index (χ4v) is 2.04. The normalized spacial score (nSPS) is 19.1. The smallest absolute Gasteiger partial charge is 0.0323 e. The topological polar surface area (TPSA) is 26.0 Å². The van der Waals surface area contributed by atoms with Crippen LogP contribution in [-0.2, 0) is 0 Å². The Morgan fingerprint density at radius 2 is 1.93 bits per heavy atom. The van der Waals surface area contributed by atoms with Gasteiger partial charge in [-0.2, -0.15) is 0 Å². The average molecular weight is 189 g/mol. The zero-order chi connectivity index (χ0) is 10.1. The summed E-state index contributed by atoms with van der Waals surface area (Å²) in [6.45, 7) is 4.31. The van der Waals surface area contributed by atoms with Crippen molar-refractivity contribution in [2.45, 2.75) is 39.2 Å². The summed E-state index contributed by atoms with van der Waals surface area (Å²) in [4.78, 5) is 0. The first kappa shape index (κ1) is 9.72. The molecule has 0 amide bonds. The minimum absolute atomic E-state index is 0.267. The summed E-state index contributed by atoms with van der Waals surface area (Å²) in [6.07, 6.45) is 3.99. The Morgan fingerprint density at radius 3 is 2.43 bits per heavy atom. The number of hydrogen-bond donors (Lipinski definition) is 1. The van der Waals surface area contributed by atoms with Gasteiger partial charge in [0.1, 0.15) is 0 Å². The van der Waals surface area contributed by atoms with Crippen LogP contribution in [0.25, 0.3) is 0 Å². The zero-order valence-corrected chi connectivity index (χ0v) is 9.09. The van der Waals surface area contributed by atoms with E-state index in [1.54, 1.807) is 0 Å². The minimum Gasteiger partial charge on any atom is -0.324 e. The summed E-state index contributed by atoms with van der Waals surface area (Å²) in [5.74, 6) is 0.733. The molecule has 1 saturated carbocycles. The average Bonchev–Trinajstić information content (AvgIpc) is 2.06. The van der Waals surface area contributed by atoms with Gasteiger partial charge in [0, 0.05) is 6.04 Å². The monoisotopic (exact) mass is 189 g/mol. The van der Waals surface area contributed by atoms with Gasteiger partial charge < -0.3 is 5.73 Å². The van der Waals surface area contributed by atoms with Gasteiger partial charge in [-0.25, -0.2) is 0 Å². The molecule has 1 aromatic carbocycles. The Hall–Kier alpha value is -0.820. The lowest BCUT2D eigenvalue weighted by Crippen LogP contribution is -2.26. The highest BCUT2D eigenvalue weighted by molar-refractivity contribution is 5.32. The highest BCUT2D eigenvalue weighted by Gasteiger charge is 2.25. The molecule has 1 nitrogen and oxygen atoms in total. The lowest BCUT2D eigenvalue weighted by molar-refractivity contribution is 0.264. The molecule has 2 rings (SSSR count). The molecule has 0 spiro atoms. The van der Waals surface area contributed by atoms with Crippen molar-refractivity contribution in [2.24, 2.45) is 11.7 Å². The fourth-order valence-electron chi connectivity index (χ4n) is 2.04. The van der Waals surface area contributed by atoms with Crippen molar-refractivity contribution < 1.29 is 0 Å². The maximum absolute atomic E-state index is 6.22. The van der Waals surface area contributed by atoms with Crippen LogP contribution in [0.3, 0.4) is 0 Å². The molecule has 0 radical (unpaired) electrons. The predicted octanol–water partition coefficient (Wildman–Crippen LogP) is 3.10. The third kappa shape index (κ3) is 1.69. The van der Waals surface area contributed by atoms with Gasteiger partial charge in [-0.1, -0.05) is 24.6 Å². The van der Waals surface area contributed by atoms with Gasteiger partial charge in [0.15, 0.2) is 0 Å². The molecule has 2 N–H and O–H groups in total. The summed E-state index contributed by atoms with van der Waals surface area (Å²) in [5, 5.41) is 0. The van der Waals surface area contributed by atoms with Crippen molar-refractivity contribution >= 4 is 0 Å². The molecule has 0 aliphatic heterocycles. The van der Waals surface area contributed by atoms with E-state index < -0.39 is 0 Å². The number of nitrogens with two attached hydrogens (primary N) is 1. The molecular weight excluding hydrogens is 170 g/mol. The predicted molar refractivity (Wildman–Crippen MR) is 60.2 cm³/mol. The van der Waals surface area contributed by atoms with Crippen LogP contribution in [0.4, 0.5) is 0 Å². The van der Waals surface area contributed by atoms with E-state index in [0.717, 1.165) is 5.92 Å². The Labute approximate surface area is 86.3 Å². The van der Waals surface area contributed by atoms with E-state index in [1.165, 1.54) is 36.0 Å². The lowest BCUT2D eigenvalue weighted by atomic mass is 9.77. The van der Waals surface area contributed by atoms with Crippen LogP contribution in [0.5, 0.6) is 0 Å². The van der Waals surface area contributed by atoms with Gasteiger partial charge in [-0.15, -0.1) is 0 Å². The van der Waals surface area contributed by atoms with Gasteiger partial charge in [-0.05, 0) is 49.3 Å². The molecule has 14 heavy (non-hydrogen) atoms. The van der Waals surface area contributed by atoms with Gasteiger partial charge in [-0.3, -0.25) is 0 Å². The van der Waals surface area contributed by atoms with Gasteiger partial charge in [0.05, 0.1) is 0 Å². The number of hydrogen-bond acceptors (Lipinski definition) is 1. The van der Waals surface area contributed by atoms with Crippen molar-refractivity contribution in [1.82, 2.24) is 0 Å². The molecule has 0 saturated heterocycles. The first-order valence-electron chi connectivity index (χ1n) is 5.51. The maximum Gasteiger partial charge on any atom is 0.0323 e. The number of rotatable bonds is 2. The van der Waals surface area contributed by atoms with Crippen LogP contribution in [-0.4, -0.2) is 0 Å². The van der Waals surface area contributed by atoms with Crippen LogP contribution >= 0.6 is 0 Å². The summed E-state index contributed by atoms with van der Waals surface area (Å²) < 4.78 is 0. The number of benzene rings is 1. The van der Waals surface area contributed by atoms with E-state index >= 15 is 0 Å². The summed E-state index contributed by atoms with van der Waals surface area (Å²) in [5.41, 5.74) is 10.3. The molecule has 0 bridgehead atoms. The summed E-state index contributed by atoms with van der Waals surface area (Å²) >= 11 is 0. The van der Waals surface area contributed by atoms with Gasteiger partial charge >= 0.3 is 0 Å². The van der Waals surface area contributed by atoms with E-state index in [1.807, 2.05) is 0 Å². The van der Waals surface area contributed by atoms with Crippen molar-refractivity contribution in [2.75, 3.05) is 0 Å². The highest BCUT2D eigenvalue weighted by atomic mass is 14.7. The molecule has 0 heterocycles. The summed E-state index contributed by atoms with van der Waals surface area (Å²) in [7, 11) is 0. The van der Waals surface area contributed by atoms with E-state index in [9.17, 15) is 0 Å². The Kier molecular flexibility index (Phi) is 2.60. The summed E-state index contributed by atoms with van der Waals surface area (Å²) in [6, 6.07) is 6.88. The quantitative estimate of drug-likeness (QED) is 0.760.